The molecule has 0 aromatic rings. The number of amides is 1. The molecule has 0 spiro atoms. The average molecular weight is 144 g/mol. The molecule has 0 aliphatic heterocycles. The lowest BCUT2D eigenvalue weighted by Crippen LogP contribution is -2.28. The van der Waals surface area contributed by atoms with Crippen LogP contribution in [0.3, 0.4) is 0 Å². The summed E-state index contributed by atoms with van der Waals surface area (Å²) in [5.74, 6) is 0.623. The van der Waals surface area contributed by atoms with Crippen LogP contribution in [0.15, 0.2) is 4.99 Å². The molecule has 0 unspecified atom stereocenters. The molecular weight excluding hydrogens is 132 g/mol. The van der Waals surface area contributed by atoms with Crippen LogP contribution in [0, 0.1) is 0 Å². The minimum absolute atomic E-state index is 0.367. The van der Waals surface area contributed by atoms with Gasteiger partial charge in [-0.3, -0.25) is 9.79 Å². The maximum absolute atomic E-state index is 10.2. The Bertz CT molecular complexity index is 134. The number of carbonyl (C=O) groups is 1. The van der Waals surface area contributed by atoms with Gasteiger partial charge in [-0.05, 0) is 0 Å². The second-order valence-corrected chi connectivity index (χ2v) is 1.79. The molecule has 4 heteroatoms. The van der Waals surface area contributed by atoms with Crippen LogP contribution < -0.4 is 0 Å². The van der Waals surface area contributed by atoms with E-state index < -0.39 is 0 Å². The Kier molecular flexibility index (Phi) is 4.49. The Labute approximate surface area is 60.5 Å². The fourth-order valence-electron chi connectivity index (χ4n) is 0.514. The minimum atomic E-state index is 0.367. The number of rotatable bonds is 3. The van der Waals surface area contributed by atoms with Crippen LogP contribution in [0.25, 0.3) is 0 Å². The number of carbonyl (C=O) groups excluding carboxylic acids is 1. The molecule has 4 nitrogen and oxygen atoms in total. The fraction of sp³-hybridized carbons (Fsp3) is 0.667. The van der Waals surface area contributed by atoms with Gasteiger partial charge in [0, 0.05) is 21.2 Å². The molecule has 0 saturated heterocycles. The van der Waals surface area contributed by atoms with Gasteiger partial charge in [0.05, 0.1) is 0 Å². The molecule has 0 aliphatic rings. The summed E-state index contributed by atoms with van der Waals surface area (Å²) in [7, 11) is 4.81. The minimum Gasteiger partial charge on any atom is -0.377 e. The summed E-state index contributed by atoms with van der Waals surface area (Å²) in [6.07, 6.45) is 0.696. The lowest BCUT2D eigenvalue weighted by molar-refractivity contribution is -0.114. The molecule has 0 atom stereocenters. The van der Waals surface area contributed by atoms with Crippen molar-refractivity contribution in [2.24, 2.45) is 4.99 Å². The largest absolute Gasteiger partial charge is 0.377 e. The molecule has 0 fully saturated rings. The van der Waals surface area contributed by atoms with Crippen molar-refractivity contribution in [1.82, 2.24) is 4.90 Å². The highest BCUT2D eigenvalue weighted by atomic mass is 16.5. The third-order valence-corrected chi connectivity index (χ3v) is 1.10. The number of amidine groups is 1. The number of hydrogen-bond donors (Lipinski definition) is 0. The van der Waals surface area contributed by atoms with Gasteiger partial charge in [0.1, 0.15) is 12.4 Å². The Morgan fingerprint density at radius 3 is 2.70 bits per heavy atom. The zero-order valence-electron chi connectivity index (χ0n) is 6.50. The first-order valence-electron chi connectivity index (χ1n) is 2.89. The van der Waals surface area contributed by atoms with E-state index in [2.05, 4.69) is 4.99 Å². The molecule has 0 radical (unpaired) electrons. The highest BCUT2D eigenvalue weighted by Crippen LogP contribution is 1.83. The summed E-state index contributed by atoms with van der Waals surface area (Å²) < 4.78 is 4.79. The maximum Gasteiger partial charge on any atom is 0.214 e. The van der Waals surface area contributed by atoms with Crippen molar-refractivity contribution in [3.8, 4) is 0 Å². The van der Waals surface area contributed by atoms with Crippen molar-refractivity contribution in [2.45, 2.75) is 0 Å². The van der Waals surface area contributed by atoms with E-state index in [9.17, 15) is 4.79 Å². The molecular formula is C6H12N2O2. The van der Waals surface area contributed by atoms with Crippen LogP contribution in [-0.4, -0.2) is 45.0 Å². The Balaban J connectivity index is 3.94. The quantitative estimate of drug-likeness (QED) is 0.311. The van der Waals surface area contributed by atoms with Gasteiger partial charge in [0.15, 0.2) is 0 Å². The monoisotopic (exact) mass is 144 g/mol. The van der Waals surface area contributed by atoms with E-state index in [1.165, 1.54) is 4.90 Å². The zero-order chi connectivity index (χ0) is 7.98. The molecule has 0 saturated carbocycles. The Morgan fingerprint density at radius 2 is 2.40 bits per heavy atom. The molecule has 0 heterocycles. The smallest absolute Gasteiger partial charge is 0.214 e. The standard InChI is InChI=1S/C6H12N2O2/c1-7-6(4-10-3)8(2)5-9/h5H,4H2,1-3H3/b7-6-. The number of likely N-dealkylation sites (N-methyl/N-ethyl adjacent to an activating group) is 1. The van der Waals surface area contributed by atoms with Crippen LogP contribution in [0.4, 0.5) is 0 Å². The molecule has 0 aromatic heterocycles. The maximum atomic E-state index is 10.2. The van der Waals surface area contributed by atoms with E-state index in [4.69, 9.17) is 4.74 Å². The van der Waals surface area contributed by atoms with E-state index in [0.717, 1.165) is 0 Å². The van der Waals surface area contributed by atoms with Crippen LogP contribution >= 0.6 is 0 Å². The second kappa shape index (κ2) is 4.93. The van der Waals surface area contributed by atoms with Crippen molar-refractivity contribution in [3.05, 3.63) is 0 Å². The summed E-state index contributed by atoms with van der Waals surface area (Å²) in [6, 6.07) is 0. The van der Waals surface area contributed by atoms with Gasteiger partial charge < -0.3 is 9.64 Å². The summed E-state index contributed by atoms with van der Waals surface area (Å²) in [5.41, 5.74) is 0. The van der Waals surface area contributed by atoms with E-state index >= 15 is 0 Å². The van der Waals surface area contributed by atoms with Gasteiger partial charge in [0.2, 0.25) is 6.41 Å². The zero-order valence-corrected chi connectivity index (χ0v) is 6.50. The number of hydrogen-bond acceptors (Lipinski definition) is 3. The first-order valence-corrected chi connectivity index (χ1v) is 2.89. The van der Waals surface area contributed by atoms with Gasteiger partial charge in [0.25, 0.3) is 0 Å². The Hall–Kier alpha value is -0.900. The molecule has 10 heavy (non-hydrogen) atoms. The molecule has 0 aromatic carbocycles. The lowest BCUT2D eigenvalue weighted by atomic mass is 10.5. The highest BCUT2D eigenvalue weighted by Gasteiger charge is 2.01. The summed E-state index contributed by atoms with van der Waals surface area (Å²) in [5, 5.41) is 0. The third kappa shape index (κ3) is 2.59. The molecule has 0 aliphatic carbocycles. The number of nitrogens with zero attached hydrogens (tertiary/aromatic N) is 2. The van der Waals surface area contributed by atoms with Crippen molar-refractivity contribution in [2.75, 3.05) is 27.8 Å². The SMILES string of the molecule is C/N=C(/COC)N(C)C=O. The number of methoxy groups -OCH3 is 1. The van der Waals surface area contributed by atoms with Gasteiger partial charge >= 0.3 is 0 Å². The normalized spacial score (nSPS) is 11.3. The predicted molar refractivity (Wildman–Crippen MR) is 39.1 cm³/mol. The van der Waals surface area contributed by atoms with Gasteiger partial charge in [-0.15, -0.1) is 0 Å². The van der Waals surface area contributed by atoms with Gasteiger partial charge in [-0.2, -0.15) is 0 Å². The van der Waals surface area contributed by atoms with Crippen molar-refractivity contribution in [3.63, 3.8) is 0 Å². The fourth-order valence-corrected chi connectivity index (χ4v) is 0.514. The summed E-state index contributed by atoms with van der Waals surface area (Å²) >= 11 is 0. The first-order chi connectivity index (χ1) is 4.76. The number of ether oxygens (including phenoxy) is 1. The highest BCUT2D eigenvalue weighted by molar-refractivity contribution is 5.91. The van der Waals surface area contributed by atoms with Gasteiger partial charge in [-0.1, -0.05) is 0 Å². The van der Waals surface area contributed by atoms with Gasteiger partial charge in [-0.25, -0.2) is 0 Å². The molecule has 1 amide bonds. The molecule has 0 bridgehead atoms. The second-order valence-electron chi connectivity index (χ2n) is 1.79. The van der Waals surface area contributed by atoms with Crippen LogP contribution in [0.5, 0.6) is 0 Å². The van der Waals surface area contributed by atoms with Crippen molar-refractivity contribution < 1.29 is 9.53 Å². The van der Waals surface area contributed by atoms with Crippen molar-refractivity contribution >= 4 is 12.2 Å². The van der Waals surface area contributed by atoms with Crippen LogP contribution in [-0.2, 0) is 9.53 Å². The van der Waals surface area contributed by atoms with Crippen LogP contribution in [0.2, 0.25) is 0 Å². The summed E-state index contributed by atoms with van der Waals surface area (Å²) in [6.45, 7) is 0.367. The summed E-state index contributed by atoms with van der Waals surface area (Å²) in [4.78, 5) is 15.4. The molecule has 0 rings (SSSR count). The van der Waals surface area contributed by atoms with E-state index in [1.807, 2.05) is 0 Å². The topological polar surface area (TPSA) is 41.9 Å². The van der Waals surface area contributed by atoms with Crippen molar-refractivity contribution in [1.29, 1.82) is 0 Å². The van der Waals surface area contributed by atoms with E-state index in [-0.39, 0.29) is 0 Å². The molecule has 0 N–H and O–H groups in total. The average Bonchev–Trinajstić information content (AvgIpc) is 1.99. The first kappa shape index (κ1) is 9.10. The number of aliphatic imine (C=N–C) groups is 1. The molecule has 58 valence electrons. The lowest BCUT2D eigenvalue weighted by Gasteiger charge is -2.11. The van der Waals surface area contributed by atoms with E-state index in [0.29, 0.717) is 18.9 Å². The Morgan fingerprint density at radius 1 is 1.80 bits per heavy atom. The van der Waals surface area contributed by atoms with Crippen LogP contribution in [0.1, 0.15) is 0 Å². The predicted octanol–water partition coefficient (Wildman–Crippen LogP) is -0.251. The van der Waals surface area contributed by atoms with E-state index in [1.54, 1.807) is 21.2 Å². The third-order valence-electron chi connectivity index (χ3n) is 1.10.